The average Bonchev–Trinajstić information content (AvgIpc) is 2.95. The molecule has 3 rings (SSSR count). The number of halogens is 1. The summed E-state index contributed by atoms with van der Waals surface area (Å²) in [6.07, 6.45) is 0.520. The lowest BCUT2D eigenvalue weighted by molar-refractivity contribution is 0.0293. The second-order valence-electron chi connectivity index (χ2n) is 6.91. The number of anilines is 1. The van der Waals surface area contributed by atoms with E-state index in [1.807, 2.05) is 45.0 Å². The quantitative estimate of drug-likeness (QED) is 0.896. The zero-order valence-electron chi connectivity index (χ0n) is 14.0. The highest BCUT2D eigenvalue weighted by Crippen LogP contribution is 2.24. The van der Waals surface area contributed by atoms with Crippen LogP contribution in [0.3, 0.4) is 0 Å². The van der Waals surface area contributed by atoms with Gasteiger partial charge in [-0.1, -0.05) is 23.7 Å². The van der Waals surface area contributed by atoms with Crippen LogP contribution in [-0.4, -0.2) is 45.7 Å². The van der Waals surface area contributed by atoms with E-state index in [0.29, 0.717) is 24.1 Å². The molecule has 1 saturated heterocycles. The molecule has 7 heteroatoms. The number of aromatic nitrogens is 2. The number of nitrogens with zero attached hydrogens (tertiary/aromatic N) is 3. The van der Waals surface area contributed by atoms with Crippen molar-refractivity contribution < 1.29 is 9.53 Å². The molecule has 0 radical (unpaired) electrons. The summed E-state index contributed by atoms with van der Waals surface area (Å²) in [6, 6.07) is 7.65. The van der Waals surface area contributed by atoms with Crippen LogP contribution in [0.25, 0.3) is 11.0 Å². The molecular formula is C17H21ClN4O2. The molecule has 1 aliphatic heterocycles. The number of rotatable bonds is 2. The molecule has 24 heavy (non-hydrogen) atoms. The summed E-state index contributed by atoms with van der Waals surface area (Å²) in [7, 11) is 0. The standard InChI is InChI=1S/C17H21ClN4O2/c1-17(2,3)24-16(23)22-9-8-11(10-22)19-15-14(18)20-12-6-4-5-7-13(12)21-15/h4-7,11H,8-10H2,1-3H3,(H,19,21)/t11-/m1/s1. The van der Waals surface area contributed by atoms with Crippen molar-refractivity contribution in [3.8, 4) is 0 Å². The molecule has 1 atom stereocenters. The minimum absolute atomic E-state index is 0.0745. The fourth-order valence-electron chi connectivity index (χ4n) is 2.63. The molecule has 1 aromatic heterocycles. The summed E-state index contributed by atoms with van der Waals surface area (Å²) in [5, 5.41) is 3.63. The Morgan fingerprint density at radius 3 is 2.62 bits per heavy atom. The summed E-state index contributed by atoms with van der Waals surface area (Å²) in [4.78, 5) is 22.7. The molecule has 0 unspecified atom stereocenters. The van der Waals surface area contributed by atoms with Crippen molar-refractivity contribution in [2.45, 2.75) is 38.8 Å². The number of ether oxygens (including phenoxy) is 1. The maximum Gasteiger partial charge on any atom is 0.410 e. The van der Waals surface area contributed by atoms with E-state index in [-0.39, 0.29) is 12.1 Å². The van der Waals surface area contributed by atoms with Crippen LogP contribution >= 0.6 is 11.6 Å². The molecule has 2 aromatic rings. The minimum Gasteiger partial charge on any atom is -0.444 e. The Balaban J connectivity index is 1.67. The van der Waals surface area contributed by atoms with Gasteiger partial charge in [0.1, 0.15) is 5.60 Å². The predicted molar refractivity (Wildman–Crippen MR) is 94.4 cm³/mol. The lowest BCUT2D eigenvalue weighted by Crippen LogP contribution is -2.36. The van der Waals surface area contributed by atoms with Gasteiger partial charge >= 0.3 is 6.09 Å². The predicted octanol–water partition coefficient (Wildman–Crippen LogP) is 3.70. The van der Waals surface area contributed by atoms with Crippen molar-refractivity contribution in [1.82, 2.24) is 14.9 Å². The molecule has 2 heterocycles. The van der Waals surface area contributed by atoms with Gasteiger partial charge in [0.05, 0.1) is 11.0 Å². The number of amides is 1. The fourth-order valence-corrected chi connectivity index (χ4v) is 2.82. The zero-order valence-corrected chi connectivity index (χ0v) is 14.8. The van der Waals surface area contributed by atoms with E-state index < -0.39 is 5.60 Å². The number of nitrogens with one attached hydrogen (secondary N) is 1. The first-order valence-corrected chi connectivity index (χ1v) is 8.36. The number of para-hydroxylation sites is 2. The number of hydrogen-bond acceptors (Lipinski definition) is 5. The van der Waals surface area contributed by atoms with Gasteiger partial charge in [0.25, 0.3) is 0 Å². The van der Waals surface area contributed by atoms with E-state index in [4.69, 9.17) is 16.3 Å². The Labute approximate surface area is 146 Å². The van der Waals surface area contributed by atoms with Gasteiger partial charge in [0, 0.05) is 19.1 Å². The Morgan fingerprint density at radius 1 is 1.29 bits per heavy atom. The third-order valence-electron chi connectivity index (χ3n) is 3.71. The number of carbonyl (C=O) groups is 1. The van der Waals surface area contributed by atoms with Crippen LogP contribution in [0, 0.1) is 0 Å². The van der Waals surface area contributed by atoms with E-state index in [9.17, 15) is 4.79 Å². The number of likely N-dealkylation sites (tertiary alicyclic amines) is 1. The van der Waals surface area contributed by atoms with Crippen molar-refractivity contribution in [3.05, 3.63) is 29.4 Å². The van der Waals surface area contributed by atoms with Crippen LogP contribution in [0.4, 0.5) is 10.6 Å². The topological polar surface area (TPSA) is 67.3 Å². The first-order valence-electron chi connectivity index (χ1n) is 7.98. The summed E-state index contributed by atoms with van der Waals surface area (Å²) in [5.41, 5.74) is 1.05. The van der Waals surface area contributed by atoms with Gasteiger partial charge in [-0.3, -0.25) is 0 Å². The Kier molecular flexibility index (Phi) is 4.49. The molecule has 0 saturated carbocycles. The van der Waals surface area contributed by atoms with Crippen LogP contribution < -0.4 is 5.32 Å². The van der Waals surface area contributed by atoms with Crippen LogP contribution in [-0.2, 0) is 4.74 Å². The second-order valence-corrected chi connectivity index (χ2v) is 7.27. The second kappa shape index (κ2) is 6.43. The molecule has 0 bridgehead atoms. The van der Waals surface area contributed by atoms with Gasteiger partial charge in [-0.15, -0.1) is 0 Å². The molecule has 0 spiro atoms. The highest BCUT2D eigenvalue weighted by atomic mass is 35.5. The monoisotopic (exact) mass is 348 g/mol. The van der Waals surface area contributed by atoms with Crippen molar-refractivity contribution >= 4 is 34.5 Å². The van der Waals surface area contributed by atoms with E-state index in [1.54, 1.807) is 4.90 Å². The number of carbonyl (C=O) groups excluding carboxylic acids is 1. The molecule has 128 valence electrons. The summed E-state index contributed by atoms with van der Waals surface area (Å²) in [5.74, 6) is 0.548. The van der Waals surface area contributed by atoms with Crippen LogP contribution in [0.5, 0.6) is 0 Å². The lowest BCUT2D eigenvalue weighted by atomic mass is 10.2. The van der Waals surface area contributed by atoms with Gasteiger partial charge < -0.3 is 15.0 Å². The summed E-state index contributed by atoms with van der Waals surface area (Å²) in [6.45, 7) is 6.79. The molecule has 1 aromatic carbocycles. The Morgan fingerprint density at radius 2 is 1.96 bits per heavy atom. The maximum atomic E-state index is 12.1. The number of fused-ring (bicyclic) bond motifs is 1. The normalized spacial score (nSPS) is 18.0. The highest BCUT2D eigenvalue weighted by molar-refractivity contribution is 6.32. The molecule has 1 N–H and O–H groups in total. The molecular weight excluding hydrogens is 328 g/mol. The first kappa shape index (κ1) is 16.8. The molecule has 1 amide bonds. The van der Waals surface area contributed by atoms with E-state index in [0.717, 1.165) is 17.5 Å². The van der Waals surface area contributed by atoms with Crippen LogP contribution in [0.15, 0.2) is 24.3 Å². The summed E-state index contributed by atoms with van der Waals surface area (Å²) < 4.78 is 5.41. The SMILES string of the molecule is CC(C)(C)OC(=O)N1CC[C@@H](Nc2nc3ccccc3nc2Cl)C1. The highest BCUT2D eigenvalue weighted by Gasteiger charge is 2.30. The number of hydrogen-bond donors (Lipinski definition) is 1. The van der Waals surface area contributed by atoms with Crippen molar-refractivity contribution in [1.29, 1.82) is 0 Å². The minimum atomic E-state index is -0.490. The number of benzene rings is 1. The van der Waals surface area contributed by atoms with Crippen molar-refractivity contribution in [3.63, 3.8) is 0 Å². The molecule has 6 nitrogen and oxygen atoms in total. The van der Waals surface area contributed by atoms with Crippen molar-refractivity contribution in [2.24, 2.45) is 0 Å². The first-order chi connectivity index (χ1) is 11.3. The van der Waals surface area contributed by atoms with Crippen molar-refractivity contribution in [2.75, 3.05) is 18.4 Å². The van der Waals surface area contributed by atoms with Gasteiger partial charge in [-0.25, -0.2) is 14.8 Å². The third kappa shape index (κ3) is 3.87. The van der Waals surface area contributed by atoms with E-state index >= 15 is 0 Å². The average molecular weight is 349 g/mol. The molecule has 1 aliphatic rings. The maximum absolute atomic E-state index is 12.1. The molecule has 0 aliphatic carbocycles. The largest absolute Gasteiger partial charge is 0.444 e. The smallest absolute Gasteiger partial charge is 0.410 e. The van der Waals surface area contributed by atoms with E-state index in [2.05, 4.69) is 15.3 Å². The summed E-state index contributed by atoms with van der Waals surface area (Å²) >= 11 is 6.23. The Bertz CT molecular complexity index is 760. The fraction of sp³-hybridized carbons (Fsp3) is 0.471. The third-order valence-corrected chi connectivity index (χ3v) is 3.97. The van der Waals surface area contributed by atoms with Gasteiger partial charge in [-0.05, 0) is 39.3 Å². The molecule has 1 fully saturated rings. The van der Waals surface area contributed by atoms with Crippen LogP contribution in [0.2, 0.25) is 5.15 Å². The van der Waals surface area contributed by atoms with Crippen LogP contribution in [0.1, 0.15) is 27.2 Å². The Hall–Kier alpha value is -2.08. The zero-order chi connectivity index (χ0) is 17.3. The van der Waals surface area contributed by atoms with Gasteiger partial charge in [0.15, 0.2) is 11.0 Å². The van der Waals surface area contributed by atoms with Gasteiger partial charge in [-0.2, -0.15) is 0 Å². The lowest BCUT2D eigenvalue weighted by Gasteiger charge is -2.24. The van der Waals surface area contributed by atoms with Gasteiger partial charge in [0.2, 0.25) is 0 Å². The van der Waals surface area contributed by atoms with E-state index in [1.165, 1.54) is 0 Å².